The smallest absolute Gasteiger partial charge is 0.191 e. The van der Waals surface area contributed by atoms with Crippen molar-refractivity contribution in [3.63, 3.8) is 0 Å². The van der Waals surface area contributed by atoms with Gasteiger partial charge in [0.1, 0.15) is 5.82 Å². The van der Waals surface area contributed by atoms with E-state index in [1.807, 2.05) is 12.1 Å². The van der Waals surface area contributed by atoms with E-state index in [0.29, 0.717) is 19.0 Å². The summed E-state index contributed by atoms with van der Waals surface area (Å²) in [5, 5.41) is 6.78. The molecule has 6 heteroatoms. The van der Waals surface area contributed by atoms with Crippen LogP contribution in [0.15, 0.2) is 29.3 Å². The number of benzene rings is 1. The SMILES string of the molecule is CCCN1CCC(NC(=NC)NCCc2ccccc2F)CC1.I. The summed E-state index contributed by atoms with van der Waals surface area (Å²) in [5.74, 6) is 0.677. The molecule has 1 saturated heterocycles. The number of likely N-dealkylation sites (tertiary alicyclic amines) is 1. The summed E-state index contributed by atoms with van der Waals surface area (Å²) in [6, 6.07) is 7.40. The molecule has 0 saturated carbocycles. The van der Waals surface area contributed by atoms with Crippen molar-refractivity contribution in [1.82, 2.24) is 15.5 Å². The van der Waals surface area contributed by atoms with Crippen molar-refractivity contribution >= 4 is 29.9 Å². The van der Waals surface area contributed by atoms with Crippen LogP contribution in [0.5, 0.6) is 0 Å². The number of piperidine rings is 1. The molecule has 1 heterocycles. The van der Waals surface area contributed by atoms with E-state index in [4.69, 9.17) is 0 Å². The van der Waals surface area contributed by atoms with Gasteiger partial charge in [-0.15, -0.1) is 24.0 Å². The largest absolute Gasteiger partial charge is 0.356 e. The highest BCUT2D eigenvalue weighted by molar-refractivity contribution is 14.0. The van der Waals surface area contributed by atoms with Crippen LogP contribution in [-0.4, -0.2) is 50.1 Å². The number of nitrogens with zero attached hydrogens (tertiary/aromatic N) is 2. The minimum atomic E-state index is -0.138. The number of hydrogen-bond donors (Lipinski definition) is 2. The van der Waals surface area contributed by atoms with Crippen LogP contribution in [0.4, 0.5) is 4.39 Å². The molecule has 1 aromatic rings. The fourth-order valence-corrected chi connectivity index (χ4v) is 3.02. The van der Waals surface area contributed by atoms with Crippen molar-refractivity contribution < 1.29 is 4.39 Å². The van der Waals surface area contributed by atoms with Crippen LogP contribution in [0.1, 0.15) is 31.7 Å². The zero-order valence-electron chi connectivity index (χ0n) is 14.7. The standard InChI is InChI=1S/C18H29FN4.HI/c1-3-12-23-13-9-16(10-14-23)22-18(20-2)21-11-8-15-6-4-5-7-17(15)19;/h4-7,16H,3,8-14H2,1-2H3,(H2,20,21,22);1H. The number of rotatable bonds is 6. The average Bonchev–Trinajstić information content (AvgIpc) is 2.57. The third-order valence-electron chi connectivity index (χ3n) is 4.34. The lowest BCUT2D eigenvalue weighted by Gasteiger charge is -2.32. The highest BCUT2D eigenvalue weighted by atomic mass is 127. The van der Waals surface area contributed by atoms with Crippen LogP contribution in [-0.2, 0) is 6.42 Å². The molecule has 0 amide bonds. The Bertz CT molecular complexity index is 502. The first-order valence-corrected chi connectivity index (χ1v) is 8.66. The third-order valence-corrected chi connectivity index (χ3v) is 4.34. The number of aliphatic imine (C=N–C) groups is 1. The van der Waals surface area contributed by atoms with E-state index >= 15 is 0 Å². The molecular weight excluding hydrogens is 418 g/mol. The molecule has 1 aliphatic heterocycles. The Morgan fingerprint density at radius 3 is 2.62 bits per heavy atom. The zero-order valence-corrected chi connectivity index (χ0v) is 17.1. The van der Waals surface area contributed by atoms with Gasteiger partial charge in [-0.3, -0.25) is 4.99 Å². The molecule has 24 heavy (non-hydrogen) atoms. The van der Waals surface area contributed by atoms with Gasteiger partial charge in [0.2, 0.25) is 0 Å². The van der Waals surface area contributed by atoms with Crippen LogP contribution in [0.2, 0.25) is 0 Å². The second-order valence-electron chi connectivity index (χ2n) is 6.10. The van der Waals surface area contributed by atoms with E-state index in [2.05, 4.69) is 27.4 Å². The van der Waals surface area contributed by atoms with Crippen LogP contribution >= 0.6 is 24.0 Å². The summed E-state index contributed by atoms with van der Waals surface area (Å²) in [5.41, 5.74) is 0.739. The Kier molecular flexibility index (Phi) is 10.2. The van der Waals surface area contributed by atoms with Crippen LogP contribution in [0.25, 0.3) is 0 Å². The number of halogens is 2. The molecular formula is C18H30FIN4. The van der Waals surface area contributed by atoms with Crippen molar-refractivity contribution in [1.29, 1.82) is 0 Å². The molecule has 0 bridgehead atoms. The normalized spacial score (nSPS) is 16.5. The first-order chi connectivity index (χ1) is 11.2. The molecule has 1 fully saturated rings. The van der Waals surface area contributed by atoms with Gasteiger partial charge in [-0.05, 0) is 43.9 Å². The highest BCUT2D eigenvalue weighted by Crippen LogP contribution is 2.10. The maximum atomic E-state index is 13.6. The van der Waals surface area contributed by atoms with Gasteiger partial charge in [-0.25, -0.2) is 4.39 Å². The molecule has 0 aliphatic carbocycles. The Morgan fingerprint density at radius 1 is 1.29 bits per heavy atom. The van der Waals surface area contributed by atoms with E-state index in [1.165, 1.54) is 19.0 Å². The van der Waals surface area contributed by atoms with E-state index in [9.17, 15) is 4.39 Å². The molecule has 2 rings (SSSR count). The van der Waals surface area contributed by atoms with Crippen LogP contribution < -0.4 is 10.6 Å². The van der Waals surface area contributed by atoms with Gasteiger partial charge in [0.05, 0.1) is 0 Å². The topological polar surface area (TPSA) is 39.7 Å². The molecule has 136 valence electrons. The summed E-state index contributed by atoms with van der Waals surface area (Å²) in [6.07, 6.45) is 4.17. The quantitative estimate of drug-likeness (QED) is 0.400. The predicted molar refractivity (Wildman–Crippen MR) is 110 cm³/mol. The predicted octanol–water partition coefficient (Wildman–Crippen LogP) is 3.03. The van der Waals surface area contributed by atoms with Crippen LogP contribution in [0.3, 0.4) is 0 Å². The number of guanidine groups is 1. The van der Waals surface area contributed by atoms with Crippen molar-refractivity contribution in [2.24, 2.45) is 4.99 Å². The Labute approximate surface area is 162 Å². The van der Waals surface area contributed by atoms with Crippen molar-refractivity contribution in [3.05, 3.63) is 35.6 Å². The second-order valence-corrected chi connectivity index (χ2v) is 6.10. The Morgan fingerprint density at radius 2 is 2.00 bits per heavy atom. The maximum absolute atomic E-state index is 13.6. The van der Waals surface area contributed by atoms with Gasteiger partial charge < -0.3 is 15.5 Å². The van der Waals surface area contributed by atoms with Crippen molar-refractivity contribution in [2.45, 2.75) is 38.6 Å². The molecule has 0 radical (unpaired) electrons. The number of nitrogens with one attached hydrogen (secondary N) is 2. The third kappa shape index (κ3) is 6.93. The molecule has 2 N–H and O–H groups in total. The summed E-state index contributed by atoms with van der Waals surface area (Å²) >= 11 is 0. The minimum absolute atomic E-state index is 0. The van der Waals surface area contributed by atoms with Gasteiger partial charge >= 0.3 is 0 Å². The van der Waals surface area contributed by atoms with Gasteiger partial charge in [0, 0.05) is 32.7 Å². The molecule has 1 aromatic carbocycles. The average molecular weight is 448 g/mol. The molecule has 0 unspecified atom stereocenters. The van der Waals surface area contributed by atoms with Crippen molar-refractivity contribution in [3.8, 4) is 0 Å². The first kappa shape index (κ1) is 21.2. The van der Waals surface area contributed by atoms with E-state index < -0.39 is 0 Å². The van der Waals surface area contributed by atoms with Gasteiger partial charge in [-0.2, -0.15) is 0 Å². The summed E-state index contributed by atoms with van der Waals surface area (Å²) in [7, 11) is 1.78. The van der Waals surface area contributed by atoms with E-state index in [-0.39, 0.29) is 29.8 Å². The minimum Gasteiger partial charge on any atom is -0.356 e. The Balaban J connectivity index is 0.00000288. The Hall–Kier alpha value is -0.890. The molecule has 1 aliphatic rings. The number of hydrogen-bond acceptors (Lipinski definition) is 2. The van der Waals surface area contributed by atoms with Crippen molar-refractivity contribution in [2.75, 3.05) is 33.2 Å². The lowest BCUT2D eigenvalue weighted by molar-refractivity contribution is 0.206. The van der Waals surface area contributed by atoms with E-state index in [0.717, 1.165) is 37.5 Å². The van der Waals surface area contributed by atoms with Gasteiger partial charge in [0.25, 0.3) is 0 Å². The van der Waals surface area contributed by atoms with E-state index in [1.54, 1.807) is 13.1 Å². The molecule has 0 atom stereocenters. The maximum Gasteiger partial charge on any atom is 0.191 e. The first-order valence-electron chi connectivity index (χ1n) is 8.66. The molecule has 0 aromatic heterocycles. The summed E-state index contributed by atoms with van der Waals surface area (Å²) in [6.45, 7) is 6.40. The molecule has 0 spiro atoms. The summed E-state index contributed by atoms with van der Waals surface area (Å²) < 4.78 is 13.6. The van der Waals surface area contributed by atoms with Gasteiger partial charge in [0.15, 0.2) is 5.96 Å². The highest BCUT2D eigenvalue weighted by Gasteiger charge is 2.19. The lowest BCUT2D eigenvalue weighted by Crippen LogP contribution is -2.49. The fraction of sp³-hybridized carbons (Fsp3) is 0.611. The van der Waals surface area contributed by atoms with Gasteiger partial charge in [-0.1, -0.05) is 25.1 Å². The fourth-order valence-electron chi connectivity index (χ4n) is 3.02. The second kappa shape index (κ2) is 11.6. The van der Waals surface area contributed by atoms with Crippen LogP contribution in [0, 0.1) is 5.82 Å². The lowest BCUT2D eigenvalue weighted by atomic mass is 10.1. The molecule has 4 nitrogen and oxygen atoms in total. The monoisotopic (exact) mass is 448 g/mol. The zero-order chi connectivity index (χ0) is 16.5. The summed E-state index contributed by atoms with van der Waals surface area (Å²) in [4.78, 5) is 6.80.